The Bertz CT molecular complexity index is 1030. The molecule has 34 heavy (non-hydrogen) atoms. The van der Waals surface area contributed by atoms with E-state index in [0.29, 0.717) is 34.8 Å². The lowest BCUT2D eigenvalue weighted by molar-refractivity contribution is -0.743. The van der Waals surface area contributed by atoms with E-state index in [0.717, 1.165) is 49.4 Å². The van der Waals surface area contributed by atoms with Gasteiger partial charge in [-0.1, -0.05) is 19.3 Å². The van der Waals surface area contributed by atoms with Crippen molar-refractivity contribution in [3.63, 3.8) is 0 Å². The quantitative estimate of drug-likeness (QED) is 0.702. The number of carbonyl (C=O) groups is 1. The Balaban J connectivity index is 1.26. The number of hydrogen-bond acceptors (Lipinski definition) is 4. The second-order valence-electron chi connectivity index (χ2n) is 10.5. The molecule has 1 aliphatic carbocycles. The molecule has 6 heteroatoms. The molecule has 2 atom stereocenters. The van der Waals surface area contributed by atoms with Crippen LogP contribution in [0.2, 0.25) is 0 Å². The third kappa shape index (κ3) is 4.84. The van der Waals surface area contributed by atoms with Gasteiger partial charge in [0.1, 0.15) is 11.4 Å². The van der Waals surface area contributed by atoms with Gasteiger partial charge >= 0.3 is 5.91 Å². The van der Waals surface area contributed by atoms with Crippen molar-refractivity contribution < 1.29 is 18.8 Å². The zero-order chi connectivity index (χ0) is 23.7. The van der Waals surface area contributed by atoms with Gasteiger partial charge in [-0.15, -0.1) is 0 Å². The number of amides is 1. The highest BCUT2D eigenvalue weighted by atomic mass is 19.1. The van der Waals surface area contributed by atoms with Crippen molar-refractivity contribution in [3.05, 3.63) is 53.3 Å². The Kier molecular flexibility index (Phi) is 6.89. The van der Waals surface area contributed by atoms with Gasteiger partial charge in [-0.05, 0) is 69.1 Å². The minimum Gasteiger partial charge on any atom is -0.493 e. The first kappa shape index (κ1) is 23.3. The lowest BCUT2D eigenvalue weighted by atomic mass is 9.90. The summed E-state index contributed by atoms with van der Waals surface area (Å²) in [5.41, 5.74) is 3.11. The first-order valence-corrected chi connectivity index (χ1v) is 12.9. The Morgan fingerprint density at radius 2 is 1.91 bits per heavy atom. The molecular formula is C28H37FN3O2+. The molecule has 5 rings (SSSR count). The SMILES string of the molecule is CN(C)[C@@H]1CCN(c2ccc([NH+]3CCc4cc(OCC5CCCCC5)ccc4C3=O)cc2F)C1. The van der Waals surface area contributed by atoms with E-state index in [1.807, 2.05) is 30.3 Å². The molecule has 1 saturated carbocycles. The van der Waals surface area contributed by atoms with E-state index in [1.165, 1.54) is 32.1 Å². The van der Waals surface area contributed by atoms with Gasteiger partial charge in [-0.3, -0.25) is 0 Å². The highest BCUT2D eigenvalue weighted by Gasteiger charge is 2.33. The topological polar surface area (TPSA) is 37.2 Å². The molecule has 0 spiro atoms. The normalized spacial score (nSPS) is 23.4. The Morgan fingerprint density at radius 3 is 2.65 bits per heavy atom. The summed E-state index contributed by atoms with van der Waals surface area (Å²) in [5, 5.41) is 0. The van der Waals surface area contributed by atoms with Crippen LogP contribution < -0.4 is 14.5 Å². The third-order valence-corrected chi connectivity index (χ3v) is 7.98. The molecule has 1 N–H and O–H groups in total. The fraction of sp³-hybridized carbons (Fsp3) is 0.536. The largest absolute Gasteiger partial charge is 0.493 e. The Morgan fingerprint density at radius 1 is 1.09 bits per heavy atom. The lowest BCUT2D eigenvalue weighted by Crippen LogP contribution is -3.11. The number of carbonyl (C=O) groups excluding carboxylic acids is 1. The predicted octanol–water partition coefficient (Wildman–Crippen LogP) is 3.84. The van der Waals surface area contributed by atoms with E-state index in [2.05, 4.69) is 23.9 Å². The number of halogens is 1. The molecular weight excluding hydrogens is 429 g/mol. The van der Waals surface area contributed by atoms with Gasteiger partial charge in [0.05, 0.1) is 24.4 Å². The van der Waals surface area contributed by atoms with Gasteiger partial charge in [-0.2, -0.15) is 0 Å². The van der Waals surface area contributed by atoms with E-state index in [1.54, 1.807) is 6.07 Å². The van der Waals surface area contributed by atoms with Crippen LogP contribution in [0.15, 0.2) is 36.4 Å². The van der Waals surface area contributed by atoms with Crippen molar-refractivity contribution in [3.8, 4) is 5.75 Å². The molecule has 182 valence electrons. The van der Waals surface area contributed by atoms with Crippen LogP contribution in [0.25, 0.3) is 0 Å². The van der Waals surface area contributed by atoms with Gasteiger partial charge in [-0.25, -0.2) is 14.1 Å². The van der Waals surface area contributed by atoms with Crippen molar-refractivity contribution in [2.45, 2.75) is 51.0 Å². The third-order valence-electron chi connectivity index (χ3n) is 7.98. The summed E-state index contributed by atoms with van der Waals surface area (Å²) in [6.07, 6.45) is 8.28. The average molecular weight is 467 g/mol. The minimum atomic E-state index is -0.241. The maximum Gasteiger partial charge on any atom is 0.349 e. The molecule has 5 nitrogen and oxygen atoms in total. The van der Waals surface area contributed by atoms with Crippen molar-refractivity contribution in [2.24, 2.45) is 5.92 Å². The predicted molar refractivity (Wildman–Crippen MR) is 133 cm³/mol. The highest BCUT2D eigenvalue weighted by Crippen LogP contribution is 2.28. The molecule has 2 aromatic rings. The number of nitrogens with one attached hydrogen (secondary N) is 1. The summed E-state index contributed by atoms with van der Waals surface area (Å²) in [5.74, 6) is 1.28. The maximum atomic E-state index is 15.1. The molecule has 3 aliphatic rings. The van der Waals surface area contributed by atoms with Crippen LogP contribution in [0.4, 0.5) is 15.8 Å². The van der Waals surface area contributed by atoms with Crippen LogP contribution in [0.5, 0.6) is 5.75 Å². The molecule has 2 aliphatic heterocycles. The van der Waals surface area contributed by atoms with Gasteiger partial charge in [0.15, 0.2) is 5.82 Å². The number of ether oxygens (including phenoxy) is 1. The molecule has 1 amide bonds. The van der Waals surface area contributed by atoms with Crippen LogP contribution in [-0.2, 0) is 6.42 Å². The number of rotatable bonds is 6. The molecule has 2 fully saturated rings. The lowest BCUT2D eigenvalue weighted by Gasteiger charge is -2.26. The number of anilines is 1. The first-order valence-electron chi connectivity index (χ1n) is 12.9. The smallest absolute Gasteiger partial charge is 0.349 e. The van der Waals surface area contributed by atoms with Gasteiger partial charge in [0.2, 0.25) is 0 Å². The van der Waals surface area contributed by atoms with Crippen molar-refractivity contribution in [1.82, 2.24) is 4.90 Å². The number of benzene rings is 2. The number of likely N-dealkylation sites (N-methyl/N-ethyl adjacent to an activating group) is 1. The summed E-state index contributed by atoms with van der Waals surface area (Å²) in [7, 11) is 4.14. The molecule has 0 aromatic heterocycles. The van der Waals surface area contributed by atoms with Crippen LogP contribution in [-0.4, -0.2) is 57.2 Å². The summed E-state index contributed by atoms with van der Waals surface area (Å²) < 4.78 is 21.2. The van der Waals surface area contributed by atoms with Crippen molar-refractivity contribution in [1.29, 1.82) is 0 Å². The molecule has 0 radical (unpaired) electrons. The fourth-order valence-electron chi connectivity index (χ4n) is 5.80. The van der Waals surface area contributed by atoms with E-state index < -0.39 is 0 Å². The van der Waals surface area contributed by atoms with E-state index in [-0.39, 0.29) is 11.7 Å². The zero-order valence-corrected chi connectivity index (χ0v) is 20.5. The summed E-state index contributed by atoms with van der Waals surface area (Å²) in [6, 6.07) is 11.6. The van der Waals surface area contributed by atoms with Crippen LogP contribution in [0, 0.1) is 11.7 Å². The molecule has 2 aromatic carbocycles. The van der Waals surface area contributed by atoms with Gasteiger partial charge in [0.25, 0.3) is 0 Å². The van der Waals surface area contributed by atoms with Crippen LogP contribution in [0.3, 0.4) is 0 Å². The number of hydrogen-bond donors (Lipinski definition) is 1. The summed E-state index contributed by atoms with van der Waals surface area (Å²) in [6.45, 7) is 3.08. The number of fused-ring (bicyclic) bond motifs is 1. The first-order chi connectivity index (χ1) is 16.5. The summed E-state index contributed by atoms with van der Waals surface area (Å²) >= 11 is 0. The van der Waals surface area contributed by atoms with E-state index in [4.69, 9.17) is 4.74 Å². The van der Waals surface area contributed by atoms with Crippen molar-refractivity contribution in [2.75, 3.05) is 45.2 Å². The zero-order valence-electron chi connectivity index (χ0n) is 20.5. The van der Waals surface area contributed by atoms with Crippen molar-refractivity contribution >= 4 is 17.3 Å². The van der Waals surface area contributed by atoms with E-state index >= 15 is 4.39 Å². The molecule has 2 heterocycles. The van der Waals surface area contributed by atoms with E-state index in [9.17, 15) is 4.79 Å². The highest BCUT2D eigenvalue weighted by molar-refractivity contribution is 5.91. The maximum absolute atomic E-state index is 15.1. The number of quaternary nitrogens is 1. The number of nitrogens with zero attached hydrogens (tertiary/aromatic N) is 2. The second-order valence-corrected chi connectivity index (χ2v) is 10.5. The average Bonchev–Trinajstić information content (AvgIpc) is 3.34. The standard InChI is InChI=1S/C28H36FN3O2/c1-30(2)23-13-14-31(18-23)27-11-8-22(17-26(27)29)32-15-12-21-16-24(9-10-25(21)28(32)33)34-19-20-6-4-3-5-7-20/h8-11,16-17,20,23H,3-7,12-15,18-19H2,1-2H3/p+1/t23-/m1/s1. The monoisotopic (exact) mass is 466 g/mol. The van der Waals surface area contributed by atoms with Gasteiger partial charge in [0, 0.05) is 37.7 Å². The minimum absolute atomic E-state index is 0.0149. The summed E-state index contributed by atoms with van der Waals surface area (Å²) in [4.78, 5) is 18.3. The molecule has 1 saturated heterocycles. The van der Waals surface area contributed by atoms with Crippen LogP contribution >= 0.6 is 0 Å². The fourth-order valence-corrected chi connectivity index (χ4v) is 5.80. The molecule has 1 unspecified atom stereocenters. The Labute approximate surface area is 202 Å². The Hall–Kier alpha value is -2.44. The second kappa shape index (κ2) is 10.0. The van der Waals surface area contributed by atoms with Gasteiger partial charge < -0.3 is 14.5 Å². The molecule has 0 bridgehead atoms. The van der Waals surface area contributed by atoms with Crippen LogP contribution in [0.1, 0.15) is 54.4 Å².